The molecule has 4 aromatic rings. The van der Waals surface area contributed by atoms with Crippen molar-refractivity contribution in [2.75, 3.05) is 29.4 Å². The number of anilines is 2. The molecular formula is C19H19N7. The SMILES string of the molecule is C[C@H]1CN(c2cccc3cnccc23)CCN1c1ncnc2nc[nH]c12. The van der Waals surface area contributed by atoms with Crippen molar-refractivity contribution in [3.05, 3.63) is 49.3 Å². The van der Waals surface area contributed by atoms with Gasteiger partial charge in [0.05, 0.1) is 6.33 Å². The molecule has 26 heavy (non-hydrogen) atoms. The summed E-state index contributed by atoms with van der Waals surface area (Å²) >= 11 is 0. The third kappa shape index (κ3) is 2.35. The van der Waals surface area contributed by atoms with Gasteiger partial charge in [-0.15, -0.1) is 0 Å². The van der Waals surface area contributed by atoms with Gasteiger partial charge in [0.2, 0.25) is 0 Å². The molecule has 4 heterocycles. The molecule has 5 rings (SSSR count). The zero-order valence-corrected chi connectivity index (χ0v) is 14.5. The van der Waals surface area contributed by atoms with Crippen molar-refractivity contribution in [2.24, 2.45) is 0 Å². The number of aromatic amines is 1. The molecule has 1 aliphatic rings. The Hall–Kier alpha value is -3.22. The number of benzene rings is 1. The molecule has 1 atom stereocenters. The minimum Gasteiger partial charge on any atom is -0.367 e. The molecule has 1 saturated heterocycles. The molecule has 0 spiro atoms. The first-order valence-electron chi connectivity index (χ1n) is 8.79. The summed E-state index contributed by atoms with van der Waals surface area (Å²) in [5.74, 6) is 0.932. The van der Waals surface area contributed by atoms with E-state index in [0.717, 1.165) is 31.0 Å². The van der Waals surface area contributed by atoms with E-state index in [9.17, 15) is 0 Å². The molecule has 7 heteroatoms. The van der Waals surface area contributed by atoms with Crippen LogP contribution in [0.2, 0.25) is 0 Å². The third-order valence-corrected chi connectivity index (χ3v) is 5.10. The lowest BCUT2D eigenvalue weighted by molar-refractivity contribution is 0.548. The minimum absolute atomic E-state index is 0.322. The molecule has 0 amide bonds. The predicted octanol–water partition coefficient (Wildman–Crippen LogP) is 2.62. The van der Waals surface area contributed by atoms with E-state index in [2.05, 4.69) is 65.9 Å². The summed E-state index contributed by atoms with van der Waals surface area (Å²) in [6.45, 7) is 5.00. The summed E-state index contributed by atoms with van der Waals surface area (Å²) in [6.07, 6.45) is 7.05. The number of nitrogens with one attached hydrogen (secondary N) is 1. The number of nitrogens with zero attached hydrogens (tertiary/aromatic N) is 6. The Morgan fingerprint density at radius 1 is 1.12 bits per heavy atom. The average Bonchev–Trinajstić information content (AvgIpc) is 3.16. The molecule has 1 aliphatic heterocycles. The van der Waals surface area contributed by atoms with Crippen molar-refractivity contribution in [3.63, 3.8) is 0 Å². The lowest BCUT2D eigenvalue weighted by atomic mass is 10.1. The van der Waals surface area contributed by atoms with Gasteiger partial charge in [-0.3, -0.25) is 4.98 Å². The van der Waals surface area contributed by atoms with Crippen molar-refractivity contribution in [1.29, 1.82) is 0 Å². The van der Waals surface area contributed by atoms with Crippen molar-refractivity contribution in [2.45, 2.75) is 13.0 Å². The van der Waals surface area contributed by atoms with Crippen molar-refractivity contribution < 1.29 is 0 Å². The van der Waals surface area contributed by atoms with Crippen LogP contribution in [-0.2, 0) is 0 Å². The second-order valence-electron chi connectivity index (χ2n) is 6.66. The van der Waals surface area contributed by atoms with Gasteiger partial charge >= 0.3 is 0 Å². The van der Waals surface area contributed by atoms with E-state index >= 15 is 0 Å². The summed E-state index contributed by atoms with van der Waals surface area (Å²) in [5.41, 5.74) is 2.89. The van der Waals surface area contributed by atoms with Crippen LogP contribution in [0.4, 0.5) is 11.5 Å². The largest absolute Gasteiger partial charge is 0.367 e. The molecule has 1 aromatic carbocycles. The van der Waals surface area contributed by atoms with Gasteiger partial charge < -0.3 is 14.8 Å². The molecule has 0 saturated carbocycles. The van der Waals surface area contributed by atoms with Crippen molar-refractivity contribution >= 4 is 33.4 Å². The Bertz CT molecular complexity index is 1070. The zero-order valence-electron chi connectivity index (χ0n) is 14.5. The smallest absolute Gasteiger partial charge is 0.182 e. The maximum atomic E-state index is 4.52. The quantitative estimate of drug-likeness (QED) is 0.602. The van der Waals surface area contributed by atoms with E-state index < -0.39 is 0 Å². The Morgan fingerprint density at radius 3 is 3.00 bits per heavy atom. The lowest BCUT2D eigenvalue weighted by Crippen LogP contribution is -2.52. The highest BCUT2D eigenvalue weighted by atomic mass is 15.3. The van der Waals surface area contributed by atoms with E-state index in [4.69, 9.17) is 0 Å². The number of rotatable bonds is 2. The van der Waals surface area contributed by atoms with Gasteiger partial charge in [0.15, 0.2) is 11.5 Å². The molecule has 7 nitrogen and oxygen atoms in total. The molecular weight excluding hydrogens is 326 g/mol. The Labute approximate surface area is 150 Å². The summed E-state index contributed by atoms with van der Waals surface area (Å²) in [7, 11) is 0. The van der Waals surface area contributed by atoms with Crippen LogP contribution in [0.5, 0.6) is 0 Å². The highest BCUT2D eigenvalue weighted by molar-refractivity contribution is 5.94. The molecule has 0 unspecified atom stereocenters. The Balaban J connectivity index is 1.46. The van der Waals surface area contributed by atoms with Crippen molar-refractivity contribution in [3.8, 4) is 0 Å². The van der Waals surface area contributed by atoms with Crippen LogP contribution >= 0.6 is 0 Å². The fourth-order valence-corrected chi connectivity index (χ4v) is 3.84. The normalized spacial score (nSPS) is 18.0. The number of pyridine rings is 1. The zero-order chi connectivity index (χ0) is 17.5. The Kier molecular flexibility index (Phi) is 3.44. The van der Waals surface area contributed by atoms with Gasteiger partial charge in [-0.05, 0) is 19.1 Å². The van der Waals surface area contributed by atoms with Gasteiger partial charge in [0.1, 0.15) is 11.8 Å². The van der Waals surface area contributed by atoms with Crippen LogP contribution in [0, 0.1) is 0 Å². The van der Waals surface area contributed by atoms with Gasteiger partial charge in [-0.1, -0.05) is 12.1 Å². The van der Waals surface area contributed by atoms with E-state index in [1.54, 1.807) is 12.7 Å². The number of hydrogen-bond donors (Lipinski definition) is 1. The third-order valence-electron chi connectivity index (χ3n) is 5.10. The summed E-state index contributed by atoms with van der Waals surface area (Å²) in [6, 6.07) is 8.83. The van der Waals surface area contributed by atoms with Gasteiger partial charge in [-0.2, -0.15) is 0 Å². The number of hydrogen-bond acceptors (Lipinski definition) is 6. The monoisotopic (exact) mass is 345 g/mol. The number of imidazole rings is 1. The highest BCUT2D eigenvalue weighted by Crippen LogP contribution is 2.30. The van der Waals surface area contributed by atoms with Crippen LogP contribution in [0.3, 0.4) is 0 Å². The van der Waals surface area contributed by atoms with Crippen LogP contribution in [0.1, 0.15) is 6.92 Å². The van der Waals surface area contributed by atoms with Gasteiger partial charge in [0.25, 0.3) is 0 Å². The number of fused-ring (bicyclic) bond motifs is 2. The first-order valence-corrected chi connectivity index (χ1v) is 8.79. The second kappa shape index (κ2) is 5.94. The van der Waals surface area contributed by atoms with E-state index in [1.807, 2.05) is 12.4 Å². The molecule has 3 aromatic heterocycles. The van der Waals surface area contributed by atoms with E-state index in [1.165, 1.54) is 16.5 Å². The highest BCUT2D eigenvalue weighted by Gasteiger charge is 2.27. The fraction of sp³-hybridized carbons (Fsp3) is 0.263. The number of aromatic nitrogens is 5. The van der Waals surface area contributed by atoms with Crippen LogP contribution in [0.15, 0.2) is 49.3 Å². The van der Waals surface area contributed by atoms with Gasteiger partial charge in [-0.25, -0.2) is 15.0 Å². The van der Waals surface area contributed by atoms with Gasteiger partial charge in [0, 0.05) is 54.5 Å². The summed E-state index contributed by atoms with van der Waals surface area (Å²) < 4.78 is 0. The molecule has 0 aliphatic carbocycles. The lowest BCUT2D eigenvalue weighted by Gasteiger charge is -2.42. The summed E-state index contributed by atoms with van der Waals surface area (Å²) in [4.78, 5) is 25.2. The predicted molar refractivity (Wildman–Crippen MR) is 102 cm³/mol. The first kappa shape index (κ1) is 15.1. The fourth-order valence-electron chi connectivity index (χ4n) is 3.84. The molecule has 0 radical (unpaired) electrons. The number of piperazine rings is 1. The molecule has 0 bridgehead atoms. The topological polar surface area (TPSA) is 73.8 Å². The maximum Gasteiger partial charge on any atom is 0.182 e. The molecule has 1 N–H and O–H groups in total. The second-order valence-corrected chi connectivity index (χ2v) is 6.66. The first-order chi connectivity index (χ1) is 12.8. The van der Waals surface area contributed by atoms with Crippen molar-refractivity contribution in [1.82, 2.24) is 24.9 Å². The standard InChI is InChI=1S/C19H19N7/c1-13-10-25(16-4-2-3-14-9-20-6-5-15(14)16)7-8-26(13)19-17-18(22-11-21-17)23-12-24-19/h2-6,9,11-13H,7-8,10H2,1H3,(H,21,22,23,24)/t13-/m0/s1. The van der Waals surface area contributed by atoms with Crippen LogP contribution in [0.25, 0.3) is 21.9 Å². The summed E-state index contributed by atoms with van der Waals surface area (Å²) in [5, 5.41) is 2.43. The van der Waals surface area contributed by atoms with Crippen LogP contribution < -0.4 is 9.80 Å². The molecule has 130 valence electrons. The molecule has 1 fully saturated rings. The Morgan fingerprint density at radius 2 is 2.08 bits per heavy atom. The minimum atomic E-state index is 0.322. The number of H-pyrrole nitrogens is 1. The maximum absolute atomic E-state index is 4.52. The average molecular weight is 345 g/mol. The van der Waals surface area contributed by atoms with E-state index in [-0.39, 0.29) is 0 Å². The van der Waals surface area contributed by atoms with E-state index in [0.29, 0.717) is 11.7 Å². The van der Waals surface area contributed by atoms with Crippen LogP contribution in [-0.4, -0.2) is 50.6 Å².